The number of amides is 1. The van der Waals surface area contributed by atoms with Crippen LogP contribution in [0.15, 0.2) is 30.3 Å². The number of carbonyl (C=O) groups is 1. The Hall–Kier alpha value is -1.87. The topological polar surface area (TPSA) is 75.7 Å². The zero-order valence-corrected chi connectivity index (χ0v) is 22.9. The molecule has 10 heteroatoms. The second-order valence-electron chi connectivity index (χ2n) is 10.3. The summed E-state index contributed by atoms with van der Waals surface area (Å²) in [7, 11) is -3.80. The fraction of sp³-hybridized carbons (Fsp3) is 0.500. The maximum atomic E-state index is 14.8. The number of benzene rings is 2. The number of hydrogen-bond acceptors (Lipinski definition) is 5. The molecule has 36 heavy (non-hydrogen) atoms. The SMILES string of the molecule is C[C@H](c1ccc(Cl)cc1Cl)N1CCC(C)(COc2cc(F)c(C(=O)NS(C)(=O)=O)cc2C2CC2)CC1. The minimum atomic E-state index is -3.80. The zero-order chi connectivity index (χ0) is 26.3. The van der Waals surface area contributed by atoms with E-state index in [0.29, 0.717) is 22.4 Å². The van der Waals surface area contributed by atoms with Crippen molar-refractivity contribution in [2.24, 2.45) is 5.41 Å². The van der Waals surface area contributed by atoms with Gasteiger partial charge in [0.1, 0.15) is 11.6 Å². The molecule has 2 aromatic rings. The third-order valence-electron chi connectivity index (χ3n) is 7.18. The molecule has 6 nitrogen and oxygen atoms in total. The van der Waals surface area contributed by atoms with Gasteiger partial charge in [-0.3, -0.25) is 9.69 Å². The Balaban J connectivity index is 1.42. The molecule has 0 aromatic heterocycles. The van der Waals surface area contributed by atoms with Gasteiger partial charge < -0.3 is 4.74 Å². The Morgan fingerprint density at radius 1 is 1.22 bits per heavy atom. The summed E-state index contributed by atoms with van der Waals surface area (Å²) in [5.41, 5.74) is 1.42. The highest BCUT2D eigenvalue weighted by Crippen LogP contribution is 2.46. The van der Waals surface area contributed by atoms with E-state index in [2.05, 4.69) is 18.7 Å². The van der Waals surface area contributed by atoms with Gasteiger partial charge in [-0.2, -0.15) is 0 Å². The smallest absolute Gasteiger partial charge is 0.267 e. The molecule has 1 saturated carbocycles. The summed E-state index contributed by atoms with van der Waals surface area (Å²) in [6, 6.07) is 8.40. The van der Waals surface area contributed by atoms with Crippen LogP contribution in [-0.4, -0.2) is 45.2 Å². The van der Waals surface area contributed by atoms with Crippen LogP contribution in [-0.2, 0) is 10.0 Å². The maximum absolute atomic E-state index is 14.8. The van der Waals surface area contributed by atoms with E-state index in [-0.39, 0.29) is 22.9 Å². The Kier molecular flexibility index (Phi) is 7.91. The first-order valence-electron chi connectivity index (χ1n) is 12.0. The highest BCUT2D eigenvalue weighted by molar-refractivity contribution is 7.89. The highest BCUT2D eigenvalue weighted by atomic mass is 35.5. The van der Waals surface area contributed by atoms with Gasteiger partial charge in [0.25, 0.3) is 5.91 Å². The number of halogens is 3. The highest BCUT2D eigenvalue weighted by Gasteiger charge is 2.35. The quantitative estimate of drug-likeness (QED) is 0.435. The molecule has 2 aromatic carbocycles. The van der Waals surface area contributed by atoms with E-state index in [9.17, 15) is 17.6 Å². The van der Waals surface area contributed by atoms with Crippen molar-refractivity contribution in [3.05, 3.63) is 62.9 Å². The second kappa shape index (κ2) is 10.5. The number of likely N-dealkylation sites (tertiary alicyclic amines) is 1. The molecule has 1 N–H and O–H groups in total. The van der Waals surface area contributed by atoms with Crippen LogP contribution in [0.3, 0.4) is 0 Å². The summed E-state index contributed by atoms with van der Waals surface area (Å²) in [5, 5.41) is 1.28. The minimum absolute atomic E-state index is 0.0936. The van der Waals surface area contributed by atoms with Crippen molar-refractivity contribution in [1.82, 2.24) is 9.62 Å². The number of nitrogens with one attached hydrogen (secondary N) is 1. The minimum Gasteiger partial charge on any atom is -0.493 e. The second-order valence-corrected chi connectivity index (χ2v) is 12.9. The molecule has 196 valence electrons. The number of hydrogen-bond donors (Lipinski definition) is 1. The molecular weight excluding hydrogens is 526 g/mol. The van der Waals surface area contributed by atoms with Gasteiger partial charge >= 0.3 is 0 Å². The number of carbonyl (C=O) groups excluding carboxylic acids is 1. The van der Waals surface area contributed by atoms with Crippen molar-refractivity contribution in [2.45, 2.75) is 51.5 Å². The molecule has 1 amide bonds. The third-order valence-corrected chi connectivity index (χ3v) is 8.30. The van der Waals surface area contributed by atoms with Gasteiger partial charge in [-0.1, -0.05) is 36.2 Å². The first-order chi connectivity index (χ1) is 16.8. The van der Waals surface area contributed by atoms with Crippen molar-refractivity contribution in [3.63, 3.8) is 0 Å². The Labute approximate surface area is 222 Å². The van der Waals surface area contributed by atoms with Crippen LogP contribution in [0.2, 0.25) is 10.0 Å². The normalized spacial score (nSPS) is 19.1. The van der Waals surface area contributed by atoms with E-state index in [1.165, 1.54) is 12.1 Å². The number of piperidine rings is 1. The molecule has 0 spiro atoms. The molecule has 2 aliphatic rings. The van der Waals surface area contributed by atoms with Crippen molar-refractivity contribution in [3.8, 4) is 5.75 Å². The molecule has 2 fully saturated rings. The van der Waals surface area contributed by atoms with Gasteiger partial charge in [0, 0.05) is 27.6 Å². The Bertz CT molecular complexity index is 1260. The fourth-order valence-corrected chi connectivity index (χ4v) is 5.71. The van der Waals surface area contributed by atoms with Gasteiger partial charge in [0.15, 0.2) is 0 Å². The molecule has 1 atom stereocenters. The average Bonchev–Trinajstić information content (AvgIpc) is 3.62. The lowest BCUT2D eigenvalue weighted by molar-refractivity contribution is 0.0510. The summed E-state index contributed by atoms with van der Waals surface area (Å²) in [5.74, 6) is -1.16. The predicted octanol–water partition coefficient (Wildman–Crippen LogP) is 5.94. The number of sulfonamides is 1. The largest absolute Gasteiger partial charge is 0.493 e. The van der Waals surface area contributed by atoms with Crippen LogP contribution in [0, 0.1) is 11.2 Å². The van der Waals surface area contributed by atoms with E-state index in [1.807, 2.05) is 16.9 Å². The molecule has 0 radical (unpaired) electrons. The standard InChI is InChI=1S/C26H31Cl2FN2O4S/c1-16(19-7-6-18(27)12-22(19)28)31-10-8-26(2,9-11-31)15-35-24-14-23(29)21(13-20(24)17-4-5-17)25(32)30-36(3,33)34/h6-7,12-14,16-17H,4-5,8-11,15H2,1-3H3,(H,30,32)/t16-/m1/s1. The summed E-state index contributed by atoms with van der Waals surface area (Å²) >= 11 is 12.5. The molecule has 0 unspecified atom stereocenters. The van der Waals surface area contributed by atoms with Crippen LogP contribution in [0.1, 0.15) is 73.0 Å². The molecule has 1 aliphatic carbocycles. The average molecular weight is 558 g/mol. The van der Waals surface area contributed by atoms with Crippen LogP contribution in [0.5, 0.6) is 5.75 Å². The van der Waals surface area contributed by atoms with Gasteiger partial charge in [-0.15, -0.1) is 0 Å². The predicted molar refractivity (Wildman–Crippen MR) is 140 cm³/mol. The van der Waals surface area contributed by atoms with Crippen LogP contribution < -0.4 is 9.46 Å². The summed E-state index contributed by atoms with van der Waals surface area (Å²) < 4.78 is 45.6. The fourth-order valence-electron chi connectivity index (χ4n) is 4.69. The van der Waals surface area contributed by atoms with E-state index >= 15 is 0 Å². The first-order valence-corrected chi connectivity index (χ1v) is 14.7. The van der Waals surface area contributed by atoms with Crippen LogP contribution in [0.25, 0.3) is 0 Å². The van der Waals surface area contributed by atoms with Crippen molar-refractivity contribution in [2.75, 3.05) is 26.0 Å². The third kappa shape index (κ3) is 6.52. The van der Waals surface area contributed by atoms with Crippen molar-refractivity contribution >= 4 is 39.1 Å². The summed E-state index contributed by atoms with van der Waals surface area (Å²) in [6.07, 6.45) is 4.51. The van der Waals surface area contributed by atoms with Crippen LogP contribution >= 0.6 is 23.2 Å². The lowest BCUT2D eigenvalue weighted by Gasteiger charge is -2.42. The van der Waals surface area contributed by atoms with Gasteiger partial charge in [-0.25, -0.2) is 17.5 Å². The Morgan fingerprint density at radius 3 is 2.47 bits per heavy atom. The monoisotopic (exact) mass is 556 g/mol. The van der Waals surface area contributed by atoms with Crippen LogP contribution in [0.4, 0.5) is 4.39 Å². The molecular formula is C26H31Cl2FN2O4S. The van der Waals surface area contributed by atoms with Gasteiger partial charge in [-0.05, 0) is 80.9 Å². The van der Waals surface area contributed by atoms with Gasteiger partial charge in [0.05, 0.1) is 18.4 Å². The van der Waals surface area contributed by atoms with E-state index < -0.39 is 21.7 Å². The molecule has 1 saturated heterocycles. The zero-order valence-electron chi connectivity index (χ0n) is 20.6. The molecule has 1 heterocycles. The number of rotatable bonds is 8. The van der Waals surface area contributed by atoms with Crippen molar-refractivity contribution < 1.29 is 22.3 Å². The maximum Gasteiger partial charge on any atom is 0.267 e. The van der Waals surface area contributed by atoms with Gasteiger partial charge in [0.2, 0.25) is 10.0 Å². The summed E-state index contributed by atoms with van der Waals surface area (Å²) in [6.45, 7) is 6.47. The summed E-state index contributed by atoms with van der Waals surface area (Å²) in [4.78, 5) is 14.7. The number of nitrogens with zero attached hydrogens (tertiary/aromatic N) is 1. The molecule has 4 rings (SSSR count). The van der Waals surface area contributed by atoms with Crippen molar-refractivity contribution in [1.29, 1.82) is 0 Å². The van der Waals surface area contributed by atoms with E-state index in [0.717, 1.165) is 56.2 Å². The number of ether oxygens (including phenoxy) is 1. The molecule has 1 aliphatic heterocycles. The van der Waals surface area contributed by atoms with E-state index in [1.54, 1.807) is 6.07 Å². The molecule has 0 bridgehead atoms. The lowest BCUT2D eigenvalue weighted by atomic mass is 9.80. The lowest BCUT2D eigenvalue weighted by Crippen LogP contribution is -2.42. The van der Waals surface area contributed by atoms with E-state index in [4.69, 9.17) is 27.9 Å². The Morgan fingerprint density at radius 2 is 1.89 bits per heavy atom. The first kappa shape index (κ1) is 27.2.